The van der Waals surface area contributed by atoms with E-state index in [4.69, 9.17) is 14.6 Å². The summed E-state index contributed by atoms with van der Waals surface area (Å²) in [6.07, 6.45) is -0.127. The zero-order valence-electron chi connectivity index (χ0n) is 8.16. The SMILES string of the molecule is CCOCC(C)OC(C)=O.CO. The van der Waals surface area contributed by atoms with Crippen molar-refractivity contribution in [3.05, 3.63) is 0 Å². The molecule has 0 fully saturated rings. The van der Waals surface area contributed by atoms with Gasteiger partial charge in [-0.25, -0.2) is 0 Å². The van der Waals surface area contributed by atoms with Gasteiger partial charge in [0.15, 0.2) is 0 Å². The number of carbonyl (C=O) groups excluding carboxylic acids is 1. The third kappa shape index (κ3) is 12.1. The van der Waals surface area contributed by atoms with Gasteiger partial charge >= 0.3 is 5.97 Å². The second kappa shape index (κ2) is 10.4. The minimum atomic E-state index is -0.257. The molecule has 4 nitrogen and oxygen atoms in total. The lowest BCUT2D eigenvalue weighted by Crippen LogP contribution is -2.18. The van der Waals surface area contributed by atoms with Crippen LogP contribution in [0.4, 0.5) is 0 Å². The third-order valence-electron chi connectivity index (χ3n) is 0.924. The molecule has 0 bridgehead atoms. The van der Waals surface area contributed by atoms with Gasteiger partial charge in [0.2, 0.25) is 0 Å². The van der Waals surface area contributed by atoms with Crippen molar-refractivity contribution in [1.82, 2.24) is 0 Å². The maximum atomic E-state index is 10.3. The van der Waals surface area contributed by atoms with Crippen LogP contribution in [0.3, 0.4) is 0 Å². The van der Waals surface area contributed by atoms with Crippen LogP contribution in [0.15, 0.2) is 0 Å². The monoisotopic (exact) mass is 178 g/mol. The van der Waals surface area contributed by atoms with E-state index in [2.05, 4.69) is 0 Å². The molecule has 1 N–H and O–H groups in total. The van der Waals surface area contributed by atoms with Gasteiger partial charge in [0, 0.05) is 20.6 Å². The summed E-state index contributed by atoms with van der Waals surface area (Å²) in [7, 11) is 1.00. The maximum Gasteiger partial charge on any atom is 0.302 e. The van der Waals surface area contributed by atoms with Gasteiger partial charge in [0.05, 0.1) is 6.61 Å². The van der Waals surface area contributed by atoms with Crippen LogP contribution in [-0.4, -0.2) is 37.5 Å². The first kappa shape index (κ1) is 13.9. The van der Waals surface area contributed by atoms with E-state index in [9.17, 15) is 4.79 Å². The second-order valence-electron chi connectivity index (χ2n) is 2.08. The summed E-state index contributed by atoms with van der Waals surface area (Å²) in [5, 5.41) is 7.00. The van der Waals surface area contributed by atoms with Gasteiger partial charge in [-0.3, -0.25) is 4.79 Å². The Morgan fingerprint density at radius 1 is 1.50 bits per heavy atom. The van der Waals surface area contributed by atoms with Crippen LogP contribution >= 0.6 is 0 Å². The van der Waals surface area contributed by atoms with E-state index in [0.29, 0.717) is 13.2 Å². The van der Waals surface area contributed by atoms with Gasteiger partial charge in [-0.05, 0) is 13.8 Å². The van der Waals surface area contributed by atoms with Gasteiger partial charge < -0.3 is 14.6 Å². The minimum Gasteiger partial charge on any atom is -0.460 e. The summed E-state index contributed by atoms with van der Waals surface area (Å²) in [5.74, 6) is -0.257. The molecule has 0 aliphatic carbocycles. The fourth-order valence-electron chi connectivity index (χ4n) is 0.601. The zero-order valence-corrected chi connectivity index (χ0v) is 8.16. The number of hydrogen-bond donors (Lipinski definition) is 1. The maximum absolute atomic E-state index is 10.3. The molecule has 0 aliphatic heterocycles. The molecule has 0 radical (unpaired) electrons. The molecule has 74 valence electrons. The molecule has 0 heterocycles. The molecular formula is C8H18O4. The van der Waals surface area contributed by atoms with Crippen molar-refractivity contribution in [2.45, 2.75) is 26.9 Å². The molecule has 0 saturated carbocycles. The number of hydrogen-bond acceptors (Lipinski definition) is 4. The van der Waals surface area contributed by atoms with E-state index < -0.39 is 0 Å². The fourth-order valence-corrected chi connectivity index (χ4v) is 0.601. The molecule has 0 amide bonds. The number of ether oxygens (including phenoxy) is 2. The molecule has 4 heteroatoms. The van der Waals surface area contributed by atoms with E-state index in [1.54, 1.807) is 6.92 Å². The van der Waals surface area contributed by atoms with Crippen LogP contribution in [0.2, 0.25) is 0 Å². The number of esters is 1. The molecule has 0 rings (SSSR count). The Kier molecular flexibility index (Phi) is 12.1. The minimum absolute atomic E-state index is 0.127. The van der Waals surface area contributed by atoms with Gasteiger partial charge in [0.1, 0.15) is 6.10 Å². The second-order valence-corrected chi connectivity index (χ2v) is 2.08. The molecule has 1 unspecified atom stereocenters. The van der Waals surface area contributed by atoms with Crippen LogP contribution in [0.5, 0.6) is 0 Å². The van der Waals surface area contributed by atoms with Crippen molar-refractivity contribution in [1.29, 1.82) is 0 Å². The summed E-state index contributed by atoms with van der Waals surface area (Å²) < 4.78 is 9.81. The molecule has 0 aromatic heterocycles. The molecule has 0 aromatic rings. The normalized spacial score (nSPS) is 11.1. The fraction of sp³-hybridized carbons (Fsp3) is 0.875. The lowest BCUT2D eigenvalue weighted by atomic mass is 10.4. The van der Waals surface area contributed by atoms with Crippen molar-refractivity contribution < 1.29 is 19.4 Å². The van der Waals surface area contributed by atoms with Crippen molar-refractivity contribution in [2.75, 3.05) is 20.3 Å². The van der Waals surface area contributed by atoms with Gasteiger partial charge in [-0.15, -0.1) is 0 Å². The largest absolute Gasteiger partial charge is 0.460 e. The average molecular weight is 178 g/mol. The summed E-state index contributed by atoms with van der Waals surface area (Å²) >= 11 is 0. The molecule has 1 atom stereocenters. The highest BCUT2D eigenvalue weighted by molar-refractivity contribution is 5.66. The lowest BCUT2D eigenvalue weighted by molar-refractivity contribution is -0.148. The standard InChI is InChI=1S/C7H14O3.CH4O/c1-4-9-5-6(2)10-7(3)8;1-2/h6H,4-5H2,1-3H3;2H,1H3. The number of aliphatic hydroxyl groups is 1. The highest BCUT2D eigenvalue weighted by atomic mass is 16.6. The van der Waals surface area contributed by atoms with Crippen LogP contribution in [-0.2, 0) is 14.3 Å². The van der Waals surface area contributed by atoms with Crippen molar-refractivity contribution in [2.24, 2.45) is 0 Å². The topological polar surface area (TPSA) is 55.8 Å². The summed E-state index contributed by atoms with van der Waals surface area (Å²) in [5.41, 5.74) is 0. The molecule has 0 saturated heterocycles. The van der Waals surface area contributed by atoms with Gasteiger partial charge in [0.25, 0.3) is 0 Å². The molecule has 0 aliphatic rings. The molecule has 0 spiro atoms. The van der Waals surface area contributed by atoms with E-state index in [1.807, 2.05) is 6.92 Å². The van der Waals surface area contributed by atoms with Crippen LogP contribution < -0.4 is 0 Å². The van der Waals surface area contributed by atoms with Gasteiger partial charge in [-0.2, -0.15) is 0 Å². The first-order valence-electron chi connectivity index (χ1n) is 3.86. The Morgan fingerprint density at radius 3 is 2.33 bits per heavy atom. The summed E-state index contributed by atoms with van der Waals surface area (Å²) in [6.45, 7) is 6.24. The number of rotatable bonds is 4. The first-order valence-corrected chi connectivity index (χ1v) is 3.86. The van der Waals surface area contributed by atoms with Crippen LogP contribution in [0.25, 0.3) is 0 Å². The number of aliphatic hydroxyl groups excluding tert-OH is 1. The highest BCUT2D eigenvalue weighted by Crippen LogP contribution is 1.91. The number of carbonyl (C=O) groups is 1. The van der Waals surface area contributed by atoms with Crippen molar-refractivity contribution >= 4 is 5.97 Å². The Balaban J connectivity index is 0. The Morgan fingerprint density at radius 2 is 2.00 bits per heavy atom. The highest BCUT2D eigenvalue weighted by Gasteiger charge is 2.03. The van der Waals surface area contributed by atoms with Crippen molar-refractivity contribution in [3.8, 4) is 0 Å². The predicted octanol–water partition coefficient (Wildman–Crippen LogP) is 0.583. The average Bonchev–Trinajstić information content (AvgIpc) is 2.03. The van der Waals surface area contributed by atoms with Crippen LogP contribution in [0.1, 0.15) is 20.8 Å². The van der Waals surface area contributed by atoms with E-state index in [0.717, 1.165) is 7.11 Å². The lowest BCUT2D eigenvalue weighted by Gasteiger charge is -2.10. The van der Waals surface area contributed by atoms with Gasteiger partial charge in [-0.1, -0.05) is 0 Å². The molecule has 0 aromatic carbocycles. The smallest absolute Gasteiger partial charge is 0.302 e. The summed E-state index contributed by atoms with van der Waals surface area (Å²) in [4.78, 5) is 10.3. The first-order chi connectivity index (χ1) is 5.66. The quantitative estimate of drug-likeness (QED) is 0.640. The predicted molar refractivity (Wildman–Crippen MR) is 45.9 cm³/mol. The molecule has 12 heavy (non-hydrogen) atoms. The van der Waals surface area contributed by atoms with E-state index in [-0.39, 0.29) is 12.1 Å². The van der Waals surface area contributed by atoms with Crippen molar-refractivity contribution in [3.63, 3.8) is 0 Å². The van der Waals surface area contributed by atoms with E-state index >= 15 is 0 Å². The Bertz CT molecular complexity index is 103. The zero-order chi connectivity index (χ0) is 9.98. The Hall–Kier alpha value is -0.610. The Labute approximate surface area is 73.5 Å². The summed E-state index contributed by atoms with van der Waals surface area (Å²) in [6, 6.07) is 0. The van der Waals surface area contributed by atoms with E-state index in [1.165, 1.54) is 6.92 Å². The molecular weight excluding hydrogens is 160 g/mol. The van der Waals surface area contributed by atoms with Crippen LogP contribution in [0, 0.1) is 0 Å². The third-order valence-corrected chi connectivity index (χ3v) is 0.924.